The van der Waals surface area contributed by atoms with Crippen LogP contribution in [0.15, 0.2) is 37.1 Å². The van der Waals surface area contributed by atoms with E-state index in [1.54, 1.807) is 7.05 Å². The standard InChI is InChI=1S/C23H30N4O2/c1-4-9-27-14-17(22(28)26(3)23(29)24-5-2)10-15-11-18(27)12-16-13-25-20-8-6-7-19(15)21(16)20/h4,6-8,13,15,17-18,25H,1,5,9-12,14H2,2-3H3,(H,24,29)/t15?,17-,18-/m1/s1. The van der Waals surface area contributed by atoms with E-state index >= 15 is 0 Å². The van der Waals surface area contributed by atoms with E-state index in [9.17, 15) is 9.59 Å². The smallest absolute Gasteiger partial charge is 0.323 e. The van der Waals surface area contributed by atoms with Gasteiger partial charge in [0.15, 0.2) is 0 Å². The summed E-state index contributed by atoms with van der Waals surface area (Å²) >= 11 is 0. The second-order valence-electron chi connectivity index (χ2n) is 8.28. The topological polar surface area (TPSA) is 68.4 Å². The Balaban J connectivity index is 1.70. The van der Waals surface area contributed by atoms with Crippen molar-refractivity contribution in [2.75, 3.05) is 26.7 Å². The van der Waals surface area contributed by atoms with Crippen molar-refractivity contribution in [3.63, 3.8) is 0 Å². The number of imide groups is 1. The van der Waals surface area contributed by atoms with E-state index in [1.807, 2.05) is 13.0 Å². The second kappa shape index (κ2) is 8.03. The van der Waals surface area contributed by atoms with Crippen LogP contribution in [0.2, 0.25) is 0 Å². The molecule has 1 aliphatic heterocycles. The van der Waals surface area contributed by atoms with Gasteiger partial charge in [-0.2, -0.15) is 0 Å². The largest absolute Gasteiger partial charge is 0.361 e. The number of nitrogens with one attached hydrogen (secondary N) is 2. The molecule has 2 heterocycles. The van der Waals surface area contributed by atoms with E-state index in [0.717, 1.165) is 25.8 Å². The Labute approximate surface area is 171 Å². The molecule has 2 aromatic rings. The van der Waals surface area contributed by atoms with E-state index in [1.165, 1.54) is 26.9 Å². The number of benzene rings is 1. The molecule has 0 saturated carbocycles. The summed E-state index contributed by atoms with van der Waals surface area (Å²) in [4.78, 5) is 32.5. The Hall–Kier alpha value is -2.60. The number of hydrogen-bond acceptors (Lipinski definition) is 3. The maximum Gasteiger partial charge on any atom is 0.323 e. The van der Waals surface area contributed by atoms with Crippen molar-refractivity contribution >= 4 is 22.8 Å². The van der Waals surface area contributed by atoms with Crippen LogP contribution in [0, 0.1) is 5.92 Å². The normalized spacial score (nSPS) is 23.9. The molecule has 1 aliphatic carbocycles. The van der Waals surface area contributed by atoms with Gasteiger partial charge in [-0.05, 0) is 49.3 Å². The minimum Gasteiger partial charge on any atom is -0.361 e. The maximum absolute atomic E-state index is 13.2. The Bertz CT molecular complexity index is 934. The Morgan fingerprint density at radius 1 is 1.38 bits per heavy atom. The van der Waals surface area contributed by atoms with E-state index < -0.39 is 0 Å². The number of likely N-dealkylation sites (tertiary alicyclic amines) is 1. The second-order valence-corrected chi connectivity index (χ2v) is 8.28. The van der Waals surface area contributed by atoms with Gasteiger partial charge in [0.1, 0.15) is 0 Å². The van der Waals surface area contributed by atoms with Gasteiger partial charge in [-0.1, -0.05) is 18.2 Å². The van der Waals surface area contributed by atoms with Crippen molar-refractivity contribution in [3.8, 4) is 0 Å². The lowest BCUT2D eigenvalue weighted by atomic mass is 9.85. The molecule has 0 radical (unpaired) electrons. The van der Waals surface area contributed by atoms with Crippen molar-refractivity contribution < 1.29 is 9.59 Å². The van der Waals surface area contributed by atoms with Crippen molar-refractivity contribution in [2.45, 2.75) is 38.1 Å². The molecule has 1 fully saturated rings. The summed E-state index contributed by atoms with van der Waals surface area (Å²) in [5, 5.41) is 4.05. The maximum atomic E-state index is 13.2. The third-order valence-corrected chi connectivity index (χ3v) is 6.49. The van der Waals surface area contributed by atoms with Crippen LogP contribution in [-0.2, 0) is 11.2 Å². The molecule has 1 aromatic carbocycles. The van der Waals surface area contributed by atoms with Gasteiger partial charge in [0.05, 0.1) is 5.92 Å². The number of rotatable bonds is 4. The molecule has 154 valence electrons. The van der Waals surface area contributed by atoms with Gasteiger partial charge in [0, 0.05) is 49.8 Å². The fraction of sp³-hybridized carbons (Fsp3) is 0.478. The van der Waals surface area contributed by atoms with Gasteiger partial charge in [-0.25, -0.2) is 4.79 Å². The fourth-order valence-electron chi connectivity index (χ4n) is 5.14. The van der Waals surface area contributed by atoms with Crippen LogP contribution < -0.4 is 5.32 Å². The highest BCUT2D eigenvalue weighted by Crippen LogP contribution is 2.42. The summed E-state index contributed by atoms with van der Waals surface area (Å²) in [6.07, 6.45) is 6.81. The first-order valence-corrected chi connectivity index (χ1v) is 10.5. The molecular formula is C23H30N4O2. The zero-order valence-electron chi connectivity index (χ0n) is 17.3. The average molecular weight is 395 g/mol. The Morgan fingerprint density at radius 2 is 2.21 bits per heavy atom. The number of aromatic amines is 1. The molecule has 1 unspecified atom stereocenters. The SMILES string of the molecule is C=CCN1C[C@H](C(=O)N(C)C(=O)NCC)CC2C[C@@H]1Cc1c[nH]c3cccc2c13. The molecule has 6 heteroatoms. The number of urea groups is 1. The number of nitrogens with zero attached hydrogens (tertiary/aromatic N) is 2. The predicted octanol–water partition coefficient (Wildman–Crippen LogP) is 3.26. The lowest BCUT2D eigenvalue weighted by Crippen LogP contribution is -2.47. The van der Waals surface area contributed by atoms with Crippen molar-refractivity contribution in [1.82, 2.24) is 20.1 Å². The minimum absolute atomic E-state index is 0.0993. The third kappa shape index (κ3) is 3.57. The van der Waals surface area contributed by atoms with Crippen molar-refractivity contribution in [1.29, 1.82) is 0 Å². The summed E-state index contributed by atoms with van der Waals surface area (Å²) in [6.45, 7) is 7.70. The van der Waals surface area contributed by atoms with Crippen LogP contribution in [-0.4, -0.2) is 59.4 Å². The third-order valence-electron chi connectivity index (χ3n) is 6.49. The molecule has 2 N–H and O–H groups in total. The molecular weight excluding hydrogens is 364 g/mol. The summed E-state index contributed by atoms with van der Waals surface area (Å²) in [5.74, 6) is -0.0156. The van der Waals surface area contributed by atoms with E-state index in [0.29, 0.717) is 25.0 Å². The zero-order valence-corrected chi connectivity index (χ0v) is 17.3. The number of H-pyrrole nitrogens is 1. The molecule has 2 aliphatic rings. The van der Waals surface area contributed by atoms with Crippen LogP contribution in [0.3, 0.4) is 0 Å². The van der Waals surface area contributed by atoms with Gasteiger partial charge in [-0.3, -0.25) is 14.6 Å². The number of carbonyl (C=O) groups is 2. The number of aromatic nitrogens is 1. The molecule has 29 heavy (non-hydrogen) atoms. The van der Waals surface area contributed by atoms with E-state index in [-0.39, 0.29) is 17.9 Å². The Morgan fingerprint density at radius 3 is 2.97 bits per heavy atom. The Kier molecular flexibility index (Phi) is 5.46. The minimum atomic E-state index is -0.327. The van der Waals surface area contributed by atoms with Crippen molar-refractivity contribution in [2.24, 2.45) is 5.92 Å². The van der Waals surface area contributed by atoms with Crippen LogP contribution in [0.25, 0.3) is 10.9 Å². The summed E-state index contributed by atoms with van der Waals surface area (Å²) in [5.41, 5.74) is 3.86. The lowest BCUT2D eigenvalue weighted by Gasteiger charge is -2.31. The highest BCUT2D eigenvalue weighted by atomic mass is 16.2. The van der Waals surface area contributed by atoms with Crippen LogP contribution in [0.4, 0.5) is 4.79 Å². The van der Waals surface area contributed by atoms with E-state index in [4.69, 9.17) is 0 Å². The molecule has 2 bridgehead atoms. The van der Waals surface area contributed by atoms with Gasteiger partial charge < -0.3 is 10.3 Å². The highest BCUT2D eigenvalue weighted by molar-refractivity contribution is 5.95. The van der Waals surface area contributed by atoms with Gasteiger partial charge in [-0.15, -0.1) is 6.58 Å². The molecule has 0 spiro atoms. The van der Waals surface area contributed by atoms with Crippen LogP contribution in [0.5, 0.6) is 0 Å². The first-order chi connectivity index (χ1) is 14.0. The first kappa shape index (κ1) is 19.7. The van der Waals surface area contributed by atoms with Crippen molar-refractivity contribution in [3.05, 3.63) is 48.2 Å². The lowest BCUT2D eigenvalue weighted by molar-refractivity contribution is -0.132. The van der Waals surface area contributed by atoms with Crippen LogP contribution >= 0.6 is 0 Å². The molecule has 1 saturated heterocycles. The number of amides is 3. The molecule has 6 nitrogen and oxygen atoms in total. The number of carbonyl (C=O) groups excluding carboxylic acids is 2. The summed E-state index contributed by atoms with van der Waals surface area (Å²) in [7, 11) is 1.58. The van der Waals surface area contributed by atoms with Gasteiger partial charge >= 0.3 is 6.03 Å². The van der Waals surface area contributed by atoms with E-state index in [2.05, 4.69) is 46.2 Å². The summed E-state index contributed by atoms with van der Waals surface area (Å²) < 4.78 is 0. The average Bonchev–Trinajstić information content (AvgIpc) is 2.95. The predicted molar refractivity (Wildman–Crippen MR) is 115 cm³/mol. The molecule has 3 amide bonds. The first-order valence-electron chi connectivity index (χ1n) is 10.5. The number of hydrogen-bond donors (Lipinski definition) is 2. The molecule has 3 atom stereocenters. The molecule has 4 rings (SSSR count). The van der Waals surface area contributed by atoms with Crippen LogP contribution in [0.1, 0.15) is 36.8 Å². The highest BCUT2D eigenvalue weighted by Gasteiger charge is 2.39. The van der Waals surface area contributed by atoms with Gasteiger partial charge in [0.2, 0.25) is 5.91 Å². The number of fused-ring (bicyclic) bond motifs is 3. The summed E-state index contributed by atoms with van der Waals surface area (Å²) in [6, 6.07) is 6.47. The fourth-order valence-corrected chi connectivity index (χ4v) is 5.14. The zero-order chi connectivity index (χ0) is 20.5. The van der Waals surface area contributed by atoms with Gasteiger partial charge in [0.25, 0.3) is 0 Å². The quantitative estimate of drug-likeness (QED) is 0.782. The molecule has 1 aromatic heterocycles. The monoisotopic (exact) mass is 394 g/mol.